The number of pyridine rings is 1. The highest BCUT2D eigenvalue weighted by Gasteiger charge is 2.20. The van der Waals surface area contributed by atoms with Crippen LogP contribution in [0.15, 0.2) is 28.8 Å². The summed E-state index contributed by atoms with van der Waals surface area (Å²) in [6.45, 7) is 10.6. The number of nitrogens with one attached hydrogen (secondary N) is 1. The lowest BCUT2D eigenvalue weighted by Gasteiger charge is -2.14. The van der Waals surface area contributed by atoms with Crippen molar-refractivity contribution in [1.82, 2.24) is 4.98 Å². The Labute approximate surface area is 137 Å². The normalized spacial score (nSPS) is 11.4. The van der Waals surface area contributed by atoms with Gasteiger partial charge in [0.05, 0.1) is 11.9 Å². The Bertz CT molecular complexity index is 681. The second-order valence-electron chi connectivity index (χ2n) is 6.78. The molecule has 0 atom stereocenters. The third-order valence-electron chi connectivity index (χ3n) is 3.81. The fraction of sp³-hybridized carbons (Fsp3) is 0.444. The van der Waals surface area contributed by atoms with Gasteiger partial charge in [-0.1, -0.05) is 20.8 Å². The zero-order chi connectivity index (χ0) is 17.2. The maximum atomic E-state index is 11.3. The Morgan fingerprint density at radius 1 is 1.35 bits per heavy atom. The van der Waals surface area contributed by atoms with Crippen LogP contribution in [0.2, 0.25) is 0 Å². The average Bonchev–Trinajstić information content (AvgIpc) is 2.86. The summed E-state index contributed by atoms with van der Waals surface area (Å²) in [5, 5.41) is 3.34. The molecule has 0 saturated carbocycles. The first-order valence-electron chi connectivity index (χ1n) is 7.72. The molecule has 5 heteroatoms. The van der Waals surface area contributed by atoms with E-state index in [1.165, 1.54) is 11.8 Å². The fourth-order valence-corrected chi connectivity index (χ4v) is 2.11. The van der Waals surface area contributed by atoms with Crippen molar-refractivity contribution in [3.63, 3.8) is 0 Å². The predicted octanol–water partition coefficient (Wildman–Crippen LogP) is 3.88. The molecule has 1 N–H and O–H groups in total. The standard InChI is InChI=1S/C18H25N3O2/c1-12-14(9-16(23-12)18(3,4)5)10-19-15-7-8-17(20-11-15)21(6)13(2)22/h7-9,11,19H,10H2,1-6H3. The third-order valence-corrected chi connectivity index (χ3v) is 3.81. The van der Waals surface area contributed by atoms with Crippen molar-refractivity contribution in [2.75, 3.05) is 17.3 Å². The van der Waals surface area contributed by atoms with Crippen molar-refractivity contribution < 1.29 is 9.21 Å². The number of furan rings is 1. The molecular weight excluding hydrogens is 290 g/mol. The molecule has 2 rings (SSSR count). The molecule has 1 amide bonds. The summed E-state index contributed by atoms with van der Waals surface area (Å²) in [6, 6.07) is 5.85. The number of hydrogen-bond acceptors (Lipinski definition) is 4. The second-order valence-corrected chi connectivity index (χ2v) is 6.78. The summed E-state index contributed by atoms with van der Waals surface area (Å²) in [4.78, 5) is 17.1. The molecule has 0 saturated heterocycles. The fourth-order valence-electron chi connectivity index (χ4n) is 2.11. The van der Waals surface area contributed by atoms with Gasteiger partial charge >= 0.3 is 0 Å². The summed E-state index contributed by atoms with van der Waals surface area (Å²) in [7, 11) is 1.71. The Morgan fingerprint density at radius 2 is 2.04 bits per heavy atom. The number of rotatable bonds is 4. The van der Waals surface area contributed by atoms with Gasteiger partial charge in [0.2, 0.25) is 5.91 Å². The van der Waals surface area contributed by atoms with E-state index in [4.69, 9.17) is 4.42 Å². The highest BCUT2D eigenvalue weighted by atomic mass is 16.3. The Hall–Kier alpha value is -2.30. The van der Waals surface area contributed by atoms with E-state index in [2.05, 4.69) is 37.1 Å². The first kappa shape index (κ1) is 17.1. The van der Waals surface area contributed by atoms with E-state index in [0.29, 0.717) is 12.4 Å². The van der Waals surface area contributed by atoms with E-state index >= 15 is 0 Å². The van der Waals surface area contributed by atoms with Gasteiger partial charge in [-0.2, -0.15) is 0 Å². The van der Waals surface area contributed by atoms with Crippen molar-refractivity contribution in [2.45, 2.75) is 46.6 Å². The first-order valence-corrected chi connectivity index (χ1v) is 7.72. The molecule has 124 valence electrons. The minimum Gasteiger partial charge on any atom is -0.465 e. The zero-order valence-electron chi connectivity index (χ0n) is 14.7. The van der Waals surface area contributed by atoms with E-state index in [1.54, 1.807) is 13.2 Å². The summed E-state index contributed by atoms with van der Waals surface area (Å²) in [5.74, 6) is 2.52. The van der Waals surface area contributed by atoms with Crippen LogP contribution in [-0.2, 0) is 16.8 Å². The van der Waals surface area contributed by atoms with Crippen LogP contribution in [0.5, 0.6) is 0 Å². The van der Waals surface area contributed by atoms with E-state index in [1.807, 2.05) is 19.1 Å². The lowest BCUT2D eigenvalue weighted by molar-refractivity contribution is -0.116. The predicted molar refractivity (Wildman–Crippen MR) is 92.8 cm³/mol. The molecule has 23 heavy (non-hydrogen) atoms. The van der Waals surface area contributed by atoms with E-state index in [-0.39, 0.29) is 11.3 Å². The number of anilines is 2. The number of carbonyl (C=O) groups excluding carboxylic acids is 1. The molecular formula is C18H25N3O2. The number of carbonyl (C=O) groups is 1. The lowest BCUT2D eigenvalue weighted by atomic mass is 9.93. The molecule has 0 aromatic carbocycles. The molecule has 0 aliphatic rings. The average molecular weight is 315 g/mol. The van der Waals surface area contributed by atoms with Gasteiger partial charge in [-0.05, 0) is 25.1 Å². The van der Waals surface area contributed by atoms with Crippen LogP contribution >= 0.6 is 0 Å². The molecule has 0 spiro atoms. The molecule has 0 radical (unpaired) electrons. The van der Waals surface area contributed by atoms with Gasteiger partial charge in [0.25, 0.3) is 0 Å². The van der Waals surface area contributed by atoms with Crippen LogP contribution in [0.1, 0.15) is 44.8 Å². The van der Waals surface area contributed by atoms with Crippen molar-refractivity contribution in [1.29, 1.82) is 0 Å². The van der Waals surface area contributed by atoms with Crippen LogP contribution in [0, 0.1) is 6.92 Å². The number of aryl methyl sites for hydroxylation is 1. The molecule has 2 heterocycles. The molecule has 0 bridgehead atoms. The highest BCUT2D eigenvalue weighted by molar-refractivity contribution is 5.89. The molecule has 0 fully saturated rings. The maximum Gasteiger partial charge on any atom is 0.224 e. The summed E-state index contributed by atoms with van der Waals surface area (Å²) in [5.41, 5.74) is 2.05. The number of aromatic nitrogens is 1. The molecule has 0 aliphatic carbocycles. The smallest absolute Gasteiger partial charge is 0.224 e. The number of nitrogens with zero attached hydrogens (tertiary/aromatic N) is 2. The maximum absolute atomic E-state index is 11.3. The van der Waals surface area contributed by atoms with E-state index in [0.717, 1.165) is 22.8 Å². The van der Waals surface area contributed by atoms with Gasteiger partial charge in [-0.15, -0.1) is 0 Å². The molecule has 0 unspecified atom stereocenters. The van der Waals surface area contributed by atoms with Gasteiger partial charge < -0.3 is 14.6 Å². The van der Waals surface area contributed by atoms with Gasteiger partial charge in [0, 0.05) is 31.5 Å². The van der Waals surface area contributed by atoms with Crippen LogP contribution in [0.25, 0.3) is 0 Å². The van der Waals surface area contributed by atoms with Gasteiger partial charge in [0.15, 0.2) is 0 Å². The lowest BCUT2D eigenvalue weighted by Crippen LogP contribution is -2.23. The molecule has 2 aromatic rings. The minimum atomic E-state index is -0.0399. The van der Waals surface area contributed by atoms with Crippen molar-refractivity contribution in [2.24, 2.45) is 0 Å². The minimum absolute atomic E-state index is 0.00346. The molecule has 2 aromatic heterocycles. The van der Waals surface area contributed by atoms with E-state index < -0.39 is 0 Å². The summed E-state index contributed by atoms with van der Waals surface area (Å²) in [6.07, 6.45) is 1.73. The Morgan fingerprint density at radius 3 is 2.52 bits per heavy atom. The highest BCUT2D eigenvalue weighted by Crippen LogP contribution is 2.27. The van der Waals surface area contributed by atoms with Gasteiger partial charge in [0.1, 0.15) is 17.3 Å². The molecule has 5 nitrogen and oxygen atoms in total. The van der Waals surface area contributed by atoms with Crippen molar-refractivity contribution in [3.05, 3.63) is 41.5 Å². The van der Waals surface area contributed by atoms with Crippen LogP contribution < -0.4 is 10.2 Å². The first-order chi connectivity index (χ1) is 10.7. The number of amides is 1. The zero-order valence-corrected chi connectivity index (χ0v) is 14.7. The van der Waals surface area contributed by atoms with Crippen LogP contribution in [-0.4, -0.2) is 17.9 Å². The SMILES string of the molecule is CC(=O)N(C)c1ccc(NCc2cc(C(C)(C)C)oc2C)cn1. The summed E-state index contributed by atoms with van der Waals surface area (Å²) < 4.78 is 5.84. The topological polar surface area (TPSA) is 58.4 Å². The third kappa shape index (κ3) is 4.12. The second kappa shape index (κ2) is 6.44. The van der Waals surface area contributed by atoms with Crippen LogP contribution in [0.3, 0.4) is 0 Å². The molecule has 0 aliphatic heterocycles. The van der Waals surface area contributed by atoms with Crippen LogP contribution in [0.4, 0.5) is 11.5 Å². The Kier molecular flexibility index (Phi) is 4.78. The van der Waals surface area contributed by atoms with E-state index in [9.17, 15) is 4.79 Å². The number of hydrogen-bond donors (Lipinski definition) is 1. The van der Waals surface area contributed by atoms with Gasteiger partial charge in [-0.3, -0.25) is 4.79 Å². The van der Waals surface area contributed by atoms with Crippen molar-refractivity contribution in [3.8, 4) is 0 Å². The summed E-state index contributed by atoms with van der Waals surface area (Å²) >= 11 is 0. The van der Waals surface area contributed by atoms with Gasteiger partial charge in [-0.25, -0.2) is 4.98 Å². The Balaban J connectivity index is 2.04. The largest absolute Gasteiger partial charge is 0.465 e. The monoisotopic (exact) mass is 315 g/mol. The quantitative estimate of drug-likeness (QED) is 0.930. The van der Waals surface area contributed by atoms with Crippen molar-refractivity contribution >= 4 is 17.4 Å².